The fourth-order valence-corrected chi connectivity index (χ4v) is 1.75. The van der Waals surface area contributed by atoms with E-state index in [2.05, 4.69) is 20.5 Å². The van der Waals surface area contributed by atoms with Crippen molar-refractivity contribution in [2.24, 2.45) is 0 Å². The van der Waals surface area contributed by atoms with Gasteiger partial charge in [0.15, 0.2) is 0 Å². The zero-order valence-corrected chi connectivity index (χ0v) is 11.2. The zero-order chi connectivity index (χ0) is 14.4. The summed E-state index contributed by atoms with van der Waals surface area (Å²) >= 11 is 0. The molecule has 1 aromatic carbocycles. The maximum absolute atomic E-state index is 12.0. The Hall–Kier alpha value is -2.57. The van der Waals surface area contributed by atoms with Crippen molar-refractivity contribution in [1.29, 1.82) is 0 Å². The number of nitrogens with zero attached hydrogens (tertiary/aromatic N) is 2. The van der Waals surface area contributed by atoms with Crippen LogP contribution in [0.3, 0.4) is 0 Å². The molecule has 0 saturated carbocycles. The third-order valence-electron chi connectivity index (χ3n) is 2.61. The van der Waals surface area contributed by atoms with E-state index in [0.717, 1.165) is 5.82 Å². The smallest absolute Gasteiger partial charge is 0.251 e. The highest BCUT2D eigenvalue weighted by molar-refractivity contribution is 5.95. The number of benzene rings is 1. The molecule has 4 N–H and O–H groups in total. The molecule has 0 radical (unpaired) electrons. The molecular formula is C13H17N5O2. The first kappa shape index (κ1) is 13.9. The number of nitrogens with two attached hydrogens (primary N) is 1. The molecule has 7 heteroatoms. The molecule has 0 fully saturated rings. The van der Waals surface area contributed by atoms with Crippen LogP contribution in [0.2, 0.25) is 0 Å². The monoisotopic (exact) mass is 275 g/mol. The van der Waals surface area contributed by atoms with Gasteiger partial charge in [-0.1, -0.05) is 0 Å². The number of nitrogen functional groups attached to an aromatic ring is 1. The minimum atomic E-state index is -0.197. The van der Waals surface area contributed by atoms with Crippen LogP contribution in [0.1, 0.15) is 23.1 Å². The van der Waals surface area contributed by atoms with Crippen molar-refractivity contribution in [3.8, 4) is 5.75 Å². The molecule has 1 heterocycles. The van der Waals surface area contributed by atoms with Gasteiger partial charge in [-0.3, -0.25) is 9.89 Å². The Morgan fingerprint density at radius 2 is 2.30 bits per heavy atom. The minimum absolute atomic E-state index is 0.197. The van der Waals surface area contributed by atoms with Crippen LogP contribution in [0, 0.1) is 0 Å². The number of aromatic nitrogens is 3. The summed E-state index contributed by atoms with van der Waals surface area (Å²) in [5.74, 6) is 1.12. The van der Waals surface area contributed by atoms with E-state index in [-0.39, 0.29) is 5.91 Å². The van der Waals surface area contributed by atoms with Crippen LogP contribution in [0.5, 0.6) is 5.75 Å². The fourth-order valence-electron chi connectivity index (χ4n) is 1.75. The number of amides is 1. The summed E-state index contributed by atoms with van der Waals surface area (Å²) in [4.78, 5) is 16.0. The highest BCUT2D eigenvalue weighted by Gasteiger charge is 2.08. The summed E-state index contributed by atoms with van der Waals surface area (Å²) in [5, 5.41) is 9.27. The van der Waals surface area contributed by atoms with E-state index >= 15 is 0 Å². The van der Waals surface area contributed by atoms with Crippen molar-refractivity contribution in [3.05, 3.63) is 35.9 Å². The summed E-state index contributed by atoms with van der Waals surface area (Å²) in [6, 6.07) is 4.98. The fraction of sp³-hybridized carbons (Fsp3) is 0.308. The number of anilines is 1. The molecule has 0 atom stereocenters. The Morgan fingerprint density at radius 1 is 1.45 bits per heavy atom. The Kier molecular flexibility index (Phi) is 4.54. The molecule has 0 bridgehead atoms. The van der Waals surface area contributed by atoms with Gasteiger partial charge >= 0.3 is 0 Å². The predicted octanol–water partition coefficient (Wildman–Crippen LogP) is 0.758. The van der Waals surface area contributed by atoms with E-state index in [0.29, 0.717) is 36.6 Å². The van der Waals surface area contributed by atoms with E-state index in [9.17, 15) is 4.79 Å². The normalized spacial score (nSPS) is 10.2. The lowest BCUT2D eigenvalue weighted by atomic mass is 10.1. The van der Waals surface area contributed by atoms with E-state index in [1.165, 1.54) is 6.33 Å². The topological polar surface area (TPSA) is 106 Å². The van der Waals surface area contributed by atoms with Gasteiger partial charge in [-0.15, -0.1) is 0 Å². The first-order valence-electron chi connectivity index (χ1n) is 6.35. The molecule has 0 spiro atoms. The van der Waals surface area contributed by atoms with Crippen LogP contribution < -0.4 is 15.8 Å². The molecule has 0 aliphatic carbocycles. The molecule has 2 rings (SSSR count). The van der Waals surface area contributed by atoms with Gasteiger partial charge in [-0.25, -0.2) is 4.98 Å². The molecular weight excluding hydrogens is 258 g/mol. The van der Waals surface area contributed by atoms with Gasteiger partial charge in [0, 0.05) is 30.3 Å². The average molecular weight is 275 g/mol. The van der Waals surface area contributed by atoms with E-state index in [1.807, 2.05) is 6.92 Å². The number of hydrogen-bond donors (Lipinski definition) is 3. The number of hydrogen-bond acceptors (Lipinski definition) is 5. The average Bonchev–Trinajstić information content (AvgIpc) is 2.91. The molecule has 0 saturated heterocycles. The van der Waals surface area contributed by atoms with E-state index in [4.69, 9.17) is 10.5 Å². The highest BCUT2D eigenvalue weighted by Crippen LogP contribution is 2.18. The van der Waals surface area contributed by atoms with Gasteiger partial charge in [0.25, 0.3) is 5.91 Å². The Labute approximate surface area is 116 Å². The third-order valence-corrected chi connectivity index (χ3v) is 2.61. The lowest BCUT2D eigenvalue weighted by molar-refractivity contribution is 0.0953. The van der Waals surface area contributed by atoms with Crippen LogP contribution in [0.4, 0.5) is 5.69 Å². The Morgan fingerprint density at radius 3 is 3.00 bits per heavy atom. The summed E-state index contributed by atoms with van der Waals surface area (Å²) < 4.78 is 5.36. The lowest BCUT2D eigenvalue weighted by Crippen LogP contribution is -2.26. The first-order chi connectivity index (χ1) is 9.69. The standard InChI is InChI=1S/C13H17N5O2/c1-2-20-11-6-9(5-10(14)7-11)13(19)15-4-3-12-16-8-17-18-12/h5-8H,2-4,14H2,1H3,(H,15,19)(H,16,17,18). The van der Waals surface area contributed by atoms with Gasteiger partial charge in [0.05, 0.1) is 6.61 Å². The van der Waals surface area contributed by atoms with Crippen molar-refractivity contribution < 1.29 is 9.53 Å². The zero-order valence-electron chi connectivity index (χ0n) is 11.2. The Bertz CT molecular complexity index is 568. The molecule has 106 valence electrons. The predicted molar refractivity (Wildman–Crippen MR) is 74.4 cm³/mol. The van der Waals surface area contributed by atoms with E-state index < -0.39 is 0 Å². The summed E-state index contributed by atoms with van der Waals surface area (Å²) in [7, 11) is 0. The van der Waals surface area contributed by atoms with Crippen LogP contribution >= 0.6 is 0 Å². The molecule has 1 aromatic heterocycles. The van der Waals surface area contributed by atoms with Crippen LogP contribution in [0.15, 0.2) is 24.5 Å². The lowest BCUT2D eigenvalue weighted by Gasteiger charge is -2.08. The van der Waals surface area contributed by atoms with Gasteiger partial charge in [0.1, 0.15) is 17.9 Å². The Balaban J connectivity index is 1.94. The highest BCUT2D eigenvalue weighted by atomic mass is 16.5. The number of ether oxygens (including phenoxy) is 1. The molecule has 20 heavy (non-hydrogen) atoms. The first-order valence-corrected chi connectivity index (χ1v) is 6.35. The van der Waals surface area contributed by atoms with Gasteiger partial charge in [-0.05, 0) is 19.1 Å². The number of rotatable bonds is 6. The van der Waals surface area contributed by atoms with Gasteiger partial charge in [-0.2, -0.15) is 5.10 Å². The maximum atomic E-state index is 12.0. The van der Waals surface area contributed by atoms with Gasteiger partial charge < -0.3 is 15.8 Å². The maximum Gasteiger partial charge on any atom is 0.251 e. The molecule has 2 aromatic rings. The molecule has 0 aliphatic rings. The summed E-state index contributed by atoms with van der Waals surface area (Å²) in [5.41, 5.74) is 6.72. The summed E-state index contributed by atoms with van der Waals surface area (Å²) in [6.45, 7) is 2.86. The molecule has 0 aliphatic heterocycles. The van der Waals surface area contributed by atoms with Crippen molar-refractivity contribution in [1.82, 2.24) is 20.5 Å². The molecule has 1 amide bonds. The second-order valence-corrected chi connectivity index (χ2v) is 4.16. The second-order valence-electron chi connectivity index (χ2n) is 4.16. The van der Waals surface area contributed by atoms with Crippen molar-refractivity contribution in [2.45, 2.75) is 13.3 Å². The minimum Gasteiger partial charge on any atom is -0.494 e. The second kappa shape index (κ2) is 6.55. The number of aromatic amines is 1. The number of H-pyrrole nitrogens is 1. The third kappa shape index (κ3) is 3.71. The van der Waals surface area contributed by atoms with E-state index in [1.54, 1.807) is 18.2 Å². The van der Waals surface area contributed by atoms with Gasteiger partial charge in [0.2, 0.25) is 0 Å². The quantitative estimate of drug-likeness (QED) is 0.675. The van der Waals surface area contributed by atoms with Crippen molar-refractivity contribution >= 4 is 11.6 Å². The van der Waals surface area contributed by atoms with Crippen LogP contribution in [-0.4, -0.2) is 34.2 Å². The summed E-state index contributed by atoms with van der Waals surface area (Å²) in [6.07, 6.45) is 2.02. The largest absolute Gasteiger partial charge is 0.494 e. The number of carbonyl (C=O) groups is 1. The van der Waals surface area contributed by atoms with Crippen LogP contribution in [0.25, 0.3) is 0 Å². The number of carbonyl (C=O) groups excluding carboxylic acids is 1. The number of nitrogens with one attached hydrogen (secondary N) is 2. The van der Waals surface area contributed by atoms with Crippen LogP contribution in [-0.2, 0) is 6.42 Å². The van der Waals surface area contributed by atoms with Crippen molar-refractivity contribution in [3.63, 3.8) is 0 Å². The SMILES string of the molecule is CCOc1cc(N)cc(C(=O)NCCc2ncn[nH]2)c1. The van der Waals surface area contributed by atoms with Crippen molar-refractivity contribution in [2.75, 3.05) is 18.9 Å². The molecule has 0 unspecified atom stereocenters. The molecule has 7 nitrogen and oxygen atoms in total.